The molecule has 28 heavy (non-hydrogen) atoms. The number of anilines is 3. The number of halogens is 1. The number of carbonyl (C=O) groups excluding carboxylic acids is 2. The van der Waals surface area contributed by atoms with Crippen LogP contribution in [0.25, 0.3) is 0 Å². The lowest BCUT2D eigenvalue weighted by Gasteiger charge is -2.25. The summed E-state index contributed by atoms with van der Waals surface area (Å²) in [5.74, 6) is -1.92. The Balaban J connectivity index is 1.87. The molecule has 2 aromatic rings. The summed E-state index contributed by atoms with van der Waals surface area (Å²) < 4.78 is 43.9. The van der Waals surface area contributed by atoms with E-state index in [1.54, 1.807) is 6.07 Å². The zero-order chi connectivity index (χ0) is 20.5. The molecule has 0 fully saturated rings. The van der Waals surface area contributed by atoms with E-state index in [0.717, 1.165) is 12.3 Å². The van der Waals surface area contributed by atoms with Gasteiger partial charge in [-0.3, -0.25) is 14.3 Å². The monoisotopic (exact) mass is 407 g/mol. The molecule has 1 unspecified atom stereocenters. The van der Waals surface area contributed by atoms with Crippen LogP contribution in [0.1, 0.15) is 17.9 Å². The molecule has 0 saturated heterocycles. The van der Waals surface area contributed by atoms with E-state index in [4.69, 9.17) is 4.74 Å². The molecule has 1 aliphatic rings. The molecule has 10 heteroatoms. The van der Waals surface area contributed by atoms with Gasteiger partial charge < -0.3 is 15.4 Å². The maximum absolute atomic E-state index is 13.4. The second kappa shape index (κ2) is 7.47. The number of hydrogen-bond acceptors (Lipinski definition) is 5. The Hall–Kier alpha value is -3.14. The molecular weight excluding hydrogens is 389 g/mol. The number of methoxy groups -OCH3 is 1. The number of amides is 2. The Morgan fingerprint density at radius 2 is 2.00 bits per heavy atom. The van der Waals surface area contributed by atoms with E-state index >= 15 is 0 Å². The van der Waals surface area contributed by atoms with Crippen molar-refractivity contribution in [1.82, 2.24) is 0 Å². The van der Waals surface area contributed by atoms with E-state index in [1.807, 2.05) is 0 Å². The van der Waals surface area contributed by atoms with Gasteiger partial charge in [-0.05, 0) is 35.9 Å². The molecule has 0 bridgehead atoms. The number of sulfonamides is 1. The van der Waals surface area contributed by atoms with Gasteiger partial charge in [0.15, 0.2) is 0 Å². The Morgan fingerprint density at radius 3 is 2.68 bits per heavy atom. The number of nitrogens with one attached hydrogen (secondary N) is 3. The van der Waals surface area contributed by atoms with Gasteiger partial charge in [0.05, 0.1) is 25.0 Å². The summed E-state index contributed by atoms with van der Waals surface area (Å²) in [7, 11) is -2.17. The van der Waals surface area contributed by atoms with Crippen LogP contribution in [0.3, 0.4) is 0 Å². The van der Waals surface area contributed by atoms with Gasteiger partial charge in [-0.25, -0.2) is 12.8 Å². The number of fused-ring (bicyclic) bond motifs is 1. The molecule has 8 nitrogen and oxygen atoms in total. The predicted octanol–water partition coefficient (Wildman–Crippen LogP) is 2.27. The van der Waals surface area contributed by atoms with Crippen molar-refractivity contribution in [2.24, 2.45) is 0 Å². The third kappa shape index (κ3) is 4.39. The van der Waals surface area contributed by atoms with Crippen LogP contribution in [0.4, 0.5) is 21.5 Å². The first-order valence-corrected chi connectivity index (χ1v) is 10.1. The third-order valence-corrected chi connectivity index (χ3v) is 4.72. The standard InChI is InChI=1S/C18H18FN3O5S/c1-27-16-6-4-11(8-15(16)22-28(2,25)26)20-18(24)13-9-17(23)21-14-7-10(19)3-5-12(13)14/h3-8,13,22H,9H2,1-2H3,(H,20,24)(H,21,23). The zero-order valence-corrected chi connectivity index (χ0v) is 15.9. The summed E-state index contributed by atoms with van der Waals surface area (Å²) in [5.41, 5.74) is 1.23. The van der Waals surface area contributed by atoms with Gasteiger partial charge in [0, 0.05) is 17.8 Å². The first kappa shape index (κ1) is 19.6. The first-order chi connectivity index (χ1) is 13.2. The highest BCUT2D eigenvalue weighted by atomic mass is 32.2. The molecular formula is C18H18FN3O5S. The molecule has 1 atom stereocenters. The number of carbonyl (C=O) groups is 2. The summed E-state index contributed by atoms with van der Waals surface area (Å²) in [4.78, 5) is 24.6. The largest absolute Gasteiger partial charge is 0.495 e. The maximum Gasteiger partial charge on any atom is 0.232 e. The van der Waals surface area contributed by atoms with Crippen molar-refractivity contribution in [2.45, 2.75) is 12.3 Å². The van der Waals surface area contributed by atoms with E-state index in [2.05, 4.69) is 15.4 Å². The lowest BCUT2D eigenvalue weighted by Crippen LogP contribution is -2.30. The normalized spacial score (nSPS) is 16.0. The number of rotatable bonds is 5. The highest BCUT2D eigenvalue weighted by molar-refractivity contribution is 7.92. The fourth-order valence-corrected chi connectivity index (χ4v) is 3.52. The predicted molar refractivity (Wildman–Crippen MR) is 102 cm³/mol. The van der Waals surface area contributed by atoms with Gasteiger partial charge in [0.25, 0.3) is 0 Å². The highest BCUT2D eigenvalue weighted by Crippen LogP contribution is 2.34. The van der Waals surface area contributed by atoms with E-state index in [0.29, 0.717) is 11.3 Å². The summed E-state index contributed by atoms with van der Waals surface area (Å²) >= 11 is 0. The molecule has 3 rings (SSSR count). The lowest BCUT2D eigenvalue weighted by atomic mass is 9.89. The minimum atomic E-state index is -3.56. The van der Waals surface area contributed by atoms with Gasteiger partial charge >= 0.3 is 0 Å². The van der Waals surface area contributed by atoms with Crippen molar-refractivity contribution in [3.05, 3.63) is 47.8 Å². The second-order valence-corrected chi connectivity index (χ2v) is 8.06. The smallest absolute Gasteiger partial charge is 0.232 e. The fraction of sp³-hybridized carbons (Fsp3) is 0.222. The van der Waals surface area contributed by atoms with E-state index < -0.39 is 33.6 Å². The number of ether oxygens (including phenoxy) is 1. The quantitative estimate of drug-likeness (QED) is 0.704. The average molecular weight is 407 g/mol. The molecule has 0 spiro atoms. The lowest BCUT2D eigenvalue weighted by molar-refractivity contribution is -0.123. The van der Waals surface area contributed by atoms with Crippen molar-refractivity contribution in [1.29, 1.82) is 0 Å². The topological polar surface area (TPSA) is 114 Å². The number of benzene rings is 2. The van der Waals surface area contributed by atoms with Crippen LogP contribution in [0.15, 0.2) is 36.4 Å². The molecule has 0 saturated carbocycles. The SMILES string of the molecule is COc1ccc(NC(=O)C2CC(=O)Nc3cc(F)ccc32)cc1NS(C)(=O)=O. The van der Waals surface area contributed by atoms with Crippen molar-refractivity contribution < 1.29 is 27.1 Å². The Morgan fingerprint density at radius 1 is 1.25 bits per heavy atom. The highest BCUT2D eigenvalue weighted by Gasteiger charge is 2.31. The summed E-state index contributed by atoms with van der Waals surface area (Å²) in [5, 5.41) is 5.21. The van der Waals surface area contributed by atoms with Gasteiger partial charge in [-0.1, -0.05) is 6.07 Å². The van der Waals surface area contributed by atoms with Crippen LogP contribution in [0.2, 0.25) is 0 Å². The molecule has 2 aromatic carbocycles. The van der Waals surface area contributed by atoms with Gasteiger partial charge in [-0.15, -0.1) is 0 Å². The fourth-order valence-electron chi connectivity index (χ4n) is 2.97. The average Bonchev–Trinajstić information content (AvgIpc) is 2.59. The second-order valence-electron chi connectivity index (χ2n) is 6.31. The van der Waals surface area contributed by atoms with Crippen LogP contribution in [-0.2, 0) is 19.6 Å². The van der Waals surface area contributed by atoms with Crippen LogP contribution >= 0.6 is 0 Å². The molecule has 0 radical (unpaired) electrons. The van der Waals surface area contributed by atoms with Crippen molar-refractivity contribution in [3.63, 3.8) is 0 Å². The van der Waals surface area contributed by atoms with Crippen LogP contribution in [0.5, 0.6) is 5.75 Å². The van der Waals surface area contributed by atoms with E-state index in [-0.39, 0.29) is 23.5 Å². The third-order valence-electron chi connectivity index (χ3n) is 4.13. The number of hydrogen-bond donors (Lipinski definition) is 3. The van der Waals surface area contributed by atoms with Gasteiger partial charge in [0.1, 0.15) is 11.6 Å². The summed E-state index contributed by atoms with van der Waals surface area (Å²) in [6.45, 7) is 0. The Bertz CT molecular complexity index is 1060. The van der Waals surface area contributed by atoms with Crippen molar-refractivity contribution in [2.75, 3.05) is 28.7 Å². The maximum atomic E-state index is 13.4. The zero-order valence-electron chi connectivity index (χ0n) is 15.1. The molecule has 0 aromatic heterocycles. The van der Waals surface area contributed by atoms with Crippen molar-refractivity contribution in [3.8, 4) is 5.75 Å². The molecule has 0 aliphatic carbocycles. The van der Waals surface area contributed by atoms with Crippen molar-refractivity contribution >= 4 is 38.9 Å². The van der Waals surface area contributed by atoms with E-state index in [1.165, 1.54) is 31.4 Å². The van der Waals surface area contributed by atoms with E-state index in [9.17, 15) is 22.4 Å². The van der Waals surface area contributed by atoms with Crippen LogP contribution < -0.4 is 20.1 Å². The summed E-state index contributed by atoms with van der Waals surface area (Å²) in [6, 6.07) is 8.29. The van der Waals surface area contributed by atoms with Gasteiger partial charge in [0.2, 0.25) is 21.8 Å². The van der Waals surface area contributed by atoms with Crippen LogP contribution in [0, 0.1) is 5.82 Å². The Labute approximate surface area is 161 Å². The molecule has 148 valence electrons. The minimum Gasteiger partial charge on any atom is -0.495 e. The molecule has 3 N–H and O–H groups in total. The molecule has 1 heterocycles. The summed E-state index contributed by atoms with van der Waals surface area (Å²) in [6.07, 6.45) is 0.906. The minimum absolute atomic E-state index is 0.0882. The molecule has 1 aliphatic heterocycles. The van der Waals surface area contributed by atoms with Gasteiger partial charge in [-0.2, -0.15) is 0 Å². The molecule has 2 amide bonds. The first-order valence-electron chi connectivity index (χ1n) is 8.22. The van der Waals surface area contributed by atoms with Crippen LogP contribution in [-0.4, -0.2) is 33.6 Å². The Kier molecular flexibility index (Phi) is 5.23.